The molecule has 0 amide bonds. The third kappa shape index (κ3) is 4.92. The summed E-state index contributed by atoms with van der Waals surface area (Å²) in [5.41, 5.74) is 3.16. The molecule has 0 atom stereocenters. The second-order valence-electron chi connectivity index (χ2n) is 7.17. The van der Waals surface area contributed by atoms with Crippen molar-refractivity contribution in [2.45, 2.75) is 20.8 Å². The fourth-order valence-electron chi connectivity index (χ4n) is 3.06. The Morgan fingerprint density at radius 3 is 2.46 bits per heavy atom. The molecule has 28 heavy (non-hydrogen) atoms. The molecule has 1 aliphatic heterocycles. The Kier molecular flexibility index (Phi) is 6.36. The normalized spacial score (nSPS) is 15.5. The average Bonchev–Trinajstić information content (AvgIpc) is 2.69. The quantitative estimate of drug-likeness (QED) is 0.792. The van der Waals surface area contributed by atoms with Crippen LogP contribution in [0, 0.1) is 5.82 Å². The van der Waals surface area contributed by atoms with Crippen molar-refractivity contribution in [1.29, 1.82) is 0 Å². The topological polar surface area (TPSA) is 57.2 Å². The van der Waals surface area contributed by atoms with Gasteiger partial charge >= 0.3 is 0 Å². The van der Waals surface area contributed by atoms with Crippen LogP contribution in [-0.2, 0) is 0 Å². The van der Waals surface area contributed by atoms with E-state index in [4.69, 9.17) is 0 Å². The summed E-state index contributed by atoms with van der Waals surface area (Å²) in [7, 11) is 2.14. The van der Waals surface area contributed by atoms with Gasteiger partial charge in [0.25, 0.3) is 0 Å². The van der Waals surface area contributed by atoms with E-state index >= 15 is 0 Å². The van der Waals surface area contributed by atoms with Gasteiger partial charge in [-0.2, -0.15) is 0 Å². The van der Waals surface area contributed by atoms with Crippen molar-refractivity contribution >= 4 is 23.0 Å². The fraction of sp³-hybridized carbons (Fsp3) is 0.381. The lowest BCUT2D eigenvalue weighted by Crippen LogP contribution is -2.44. The maximum absolute atomic E-state index is 14.2. The van der Waals surface area contributed by atoms with E-state index in [2.05, 4.69) is 37.1 Å². The number of nitrogens with zero attached hydrogens (tertiary/aromatic N) is 5. The van der Waals surface area contributed by atoms with E-state index < -0.39 is 5.82 Å². The molecule has 2 aromatic heterocycles. The number of halogens is 1. The minimum Gasteiger partial charge on any atom is -0.368 e. The Labute approximate surface area is 165 Å². The summed E-state index contributed by atoms with van der Waals surface area (Å²) in [4.78, 5) is 17.5. The van der Waals surface area contributed by atoms with Gasteiger partial charge in [0.1, 0.15) is 11.5 Å². The first-order valence-electron chi connectivity index (χ1n) is 9.47. The maximum Gasteiger partial charge on any atom is 0.229 e. The second-order valence-corrected chi connectivity index (χ2v) is 7.17. The van der Waals surface area contributed by atoms with Crippen LogP contribution in [0.3, 0.4) is 0 Å². The van der Waals surface area contributed by atoms with Crippen LogP contribution in [0.2, 0.25) is 0 Å². The summed E-state index contributed by atoms with van der Waals surface area (Å²) >= 11 is 0. The number of anilines is 3. The molecule has 0 spiro atoms. The summed E-state index contributed by atoms with van der Waals surface area (Å²) in [5, 5.41) is 3.07. The molecular weight excluding hydrogens is 355 g/mol. The molecule has 0 aromatic carbocycles. The monoisotopic (exact) mass is 382 g/mol. The Bertz CT molecular complexity index is 863. The molecule has 7 heteroatoms. The van der Waals surface area contributed by atoms with Crippen molar-refractivity contribution in [1.82, 2.24) is 19.9 Å². The lowest BCUT2D eigenvalue weighted by Gasteiger charge is -2.33. The smallest absolute Gasteiger partial charge is 0.229 e. The van der Waals surface area contributed by atoms with Crippen molar-refractivity contribution in [3.8, 4) is 0 Å². The fourth-order valence-corrected chi connectivity index (χ4v) is 3.06. The van der Waals surface area contributed by atoms with Gasteiger partial charge in [0.05, 0.1) is 18.1 Å². The number of pyridine rings is 1. The van der Waals surface area contributed by atoms with Gasteiger partial charge in [-0.3, -0.25) is 0 Å². The Morgan fingerprint density at radius 1 is 1.11 bits per heavy atom. The summed E-state index contributed by atoms with van der Waals surface area (Å²) in [6.45, 7) is 9.87. The molecule has 148 valence electrons. The van der Waals surface area contributed by atoms with Crippen molar-refractivity contribution in [3.05, 3.63) is 53.8 Å². The van der Waals surface area contributed by atoms with Crippen molar-refractivity contribution in [3.63, 3.8) is 0 Å². The lowest BCUT2D eigenvalue weighted by molar-refractivity contribution is 0.313. The molecule has 0 aliphatic carbocycles. The molecule has 0 saturated carbocycles. The first kappa shape index (κ1) is 19.9. The van der Waals surface area contributed by atoms with Crippen LogP contribution in [0.4, 0.5) is 21.8 Å². The van der Waals surface area contributed by atoms with E-state index in [-0.39, 0.29) is 5.69 Å². The van der Waals surface area contributed by atoms with Crippen LogP contribution in [0.5, 0.6) is 0 Å². The van der Waals surface area contributed by atoms with E-state index in [0.717, 1.165) is 43.0 Å². The third-order valence-electron chi connectivity index (χ3n) is 4.63. The highest BCUT2D eigenvalue weighted by Gasteiger charge is 2.15. The van der Waals surface area contributed by atoms with E-state index in [1.807, 2.05) is 51.3 Å². The molecule has 0 radical (unpaired) electrons. The molecule has 6 nitrogen and oxygen atoms in total. The van der Waals surface area contributed by atoms with Crippen LogP contribution in [0.15, 0.2) is 42.3 Å². The summed E-state index contributed by atoms with van der Waals surface area (Å²) in [6.07, 6.45) is 6.77. The number of nitrogens with one attached hydrogen (secondary N) is 1. The second kappa shape index (κ2) is 8.93. The van der Waals surface area contributed by atoms with Gasteiger partial charge in [0.15, 0.2) is 5.82 Å². The zero-order valence-corrected chi connectivity index (χ0v) is 16.9. The number of rotatable bonds is 5. The molecule has 1 saturated heterocycles. The maximum atomic E-state index is 14.2. The molecule has 3 rings (SSSR count). The van der Waals surface area contributed by atoms with E-state index in [1.54, 1.807) is 0 Å². The molecule has 2 aromatic rings. The number of allylic oxidation sites excluding steroid dienone is 4. The van der Waals surface area contributed by atoms with Crippen molar-refractivity contribution in [2.75, 3.05) is 43.4 Å². The summed E-state index contributed by atoms with van der Waals surface area (Å²) in [6, 6.07) is 3.93. The molecule has 3 heterocycles. The van der Waals surface area contributed by atoms with Crippen LogP contribution < -0.4 is 10.2 Å². The average molecular weight is 382 g/mol. The zero-order chi connectivity index (χ0) is 20.1. The number of likely N-dealkylation sites (N-methyl/N-ethyl adjacent to an activating group) is 1. The number of hydrogen-bond donors (Lipinski definition) is 1. The van der Waals surface area contributed by atoms with Crippen LogP contribution in [0.25, 0.3) is 5.57 Å². The third-order valence-corrected chi connectivity index (χ3v) is 4.63. The highest BCUT2D eigenvalue weighted by molar-refractivity contribution is 5.73. The van der Waals surface area contributed by atoms with Gasteiger partial charge in [-0.1, -0.05) is 17.7 Å². The summed E-state index contributed by atoms with van der Waals surface area (Å²) < 4.78 is 14.2. The first-order valence-corrected chi connectivity index (χ1v) is 9.47. The molecule has 1 aliphatic rings. The highest BCUT2D eigenvalue weighted by atomic mass is 19.1. The minimum atomic E-state index is -0.450. The first-order chi connectivity index (χ1) is 13.5. The van der Waals surface area contributed by atoms with Crippen LogP contribution in [-0.4, -0.2) is 53.1 Å². The van der Waals surface area contributed by atoms with Gasteiger partial charge in [-0.25, -0.2) is 19.3 Å². The van der Waals surface area contributed by atoms with Crippen LogP contribution in [0.1, 0.15) is 26.5 Å². The summed E-state index contributed by atoms with van der Waals surface area (Å²) in [5.74, 6) is 0.493. The van der Waals surface area contributed by atoms with Gasteiger partial charge < -0.3 is 15.1 Å². The molecular formula is C21H27FN6. The van der Waals surface area contributed by atoms with E-state index in [9.17, 15) is 4.39 Å². The minimum absolute atomic E-state index is 0.273. The van der Waals surface area contributed by atoms with Crippen molar-refractivity contribution < 1.29 is 4.39 Å². The van der Waals surface area contributed by atoms with Gasteiger partial charge in [0, 0.05) is 26.2 Å². The molecule has 1 N–H and O–H groups in total. The predicted molar refractivity (Wildman–Crippen MR) is 112 cm³/mol. The Morgan fingerprint density at radius 2 is 1.86 bits per heavy atom. The van der Waals surface area contributed by atoms with E-state index in [1.165, 1.54) is 6.20 Å². The standard InChI is InChI=1S/C21H27FN6/c1-5-16(12-15(2)3)20-18(22)14-24-21(26-20)25-19-7-6-17(13-23-19)28-10-8-27(4)9-11-28/h5-7,12-14H,8-11H2,1-4H3,(H,23,24,25,26)/b16-5+. The largest absolute Gasteiger partial charge is 0.368 e. The van der Waals surface area contributed by atoms with Crippen LogP contribution >= 0.6 is 0 Å². The molecule has 0 unspecified atom stereocenters. The lowest BCUT2D eigenvalue weighted by atomic mass is 10.1. The van der Waals surface area contributed by atoms with Gasteiger partial charge in [0.2, 0.25) is 5.95 Å². The number of aromatic nitrogens is 3. The van der Waals surface area contributed by atoms with Gasteiger partial charge in [-0.15, -0.1) is 0 Å². The van der Waals surface area contributed by atoms with E-state index in [0.29, 0.717) is 11.8 Å². The zero-order valence-electron chi connectivity index (χ0n) is 16.9. The molecule has 1 fully saturated rings. The Balaban J connectivity index is 1.75. The van der Waals surface area contributed by atoms with Crippen molar-refractivity contribution in [2.24, 2.45) is 0 Å². The highest BCUT2D eigenvalue weighted by Crippen LogP contribution is 2.22. The van der Waals surface area contributed by atoms with Gasteiger partial charge in [-0.05, 0) is 45.5 Å². The number of hydrogen-bond acceptors (Lipinski definition) is 6. The SMILES string of the molecule is C/C=C(\C=C(C)C)c1nc(Nc2ccc(N3CCN(C)CC3)cn2)ncc1F. The molecule has 0 bridgehead atoms. The Hall–Kier alpha value is -2.80. The predicted octanol–water partition coefficient (Wildman–Crippen LogP) is 3.88. The number of piperazine rings is 1.